The molecule has 0 aromatic heterocycles. The van der Waals surface area contributed by atoms with Gasteiger partial charge in [-0.15, -0.1) is 0 Å². The Labute approximate surface area is 109 Å². The van der Waals surface area contributed by atoms with Gasteiger partial charge < -0.3 is 10.1 Å². The van der Waals surface area contributed by atoms with Crippen molar-refractivity contribution in [2.24, 2.45) is 0 Å². The molecule has 0 radical (unpaired) electrons. The number of hydrogen-bond donors (Lipinski definition) is 1. The van der Waals surface area contributed by atoms with Crippen molar-refractivity contribution < 1.29 is 9.53 Å². The first-order chi connectivity index (χ1) is 8.70. The van der Waals surface area contributed by atoms with Crippen molar-refractivity contribution in [1.82, 2.24) is 5.32 Å². The van der Waals surface area contributed by atoms with Crippen molar-refractivity contribution in [3.63, 3.8) is 0 Å². The summed E-state index contributed by atoms with van der Waals surface area (Å²) in [7, 11) is 1.60. The first-order valence-corrected chi connectivity index (χ1v) is 6.63. The lowest BCUT2D eigenvalue weighted by Crippen LogP contribution is -2.41. The van der Waals surface area contributed by atoms with E-state index in [9.17, 15) is 4.79 Å². The van der Waals surface area contributed by atoms with E-state index in [4.69, 9.17) is 4.74 Å². The molecule has 1 heterocycles. The lowest BCUT2D eigenvalue weighted by atomic mass is 9.94. The van der Waals surface area contributed by atoms with Crippen molar-refractivity contribution in [3.05, 3.63) is 29.8 Å². The molecule has 0 bridgehead atoms. The highest BCUT2D eigenvalue weighted by Gasteiger charge is 2.22. The van der Waals surface area contributed by atoms with Crippen LogP contribution >= 0.6 is 0 Å². The molecule has 0 saturated carbocycles. The highest BCUT2D eigenvalue weighted by atomic mass is 16.5. The molecule has 1 N–H and O–H groups in total. The van der Waals surface area contributed by atoms with E-state index in [1.165, 1.54) is 12.8 Å². The van der Waals surface area contributed by atoms with E-state index in [-0.39, 0.29) is 5.78 Å². The number of rotatable bonds is 4. The van der Waals surface area contributed by atoms with Crippen LogP contribution in [0.3, 0.4) is 0 Å². The Morgan fingerprint density at radius 3 is 2.89 bits per heavy atom. The predicted molar refractivity (Wildman–Crippen MR) is 72.2 cm³/mol. The zero-order chi connectivity index (χ0) is 13.0. The van der Waals surface area contributed by atoms with Crippen molar-refractivity contribution in [2.45, 2.75) is 44.7 Å². The van der Waals surface area contributed by atoms with Gasteiger partial charge in [-0.3, -0.25) is 4.79 Å². The van der Waals surface area contributed by atoms with Gasteiger partial charge in [0.15, 0.2) is 5.78 Å². The normalized spacial score (nSPS) is 23.7. The Balaban J connectivity index is 2.03. The first-order valence-electron chi connectivity index (χ1n) is 6.63. The molecule has 1 aromatic carbocycles. The van der Waals surface area contributed by atoms with E-state index in [1.54, 1.807) is 7.11 Å². The van der Waals surface area contributed by atoms with Gasteiger partial charge in [-0.1, -0.05) is 18.6 Å². The maximum absolute atomic E-state index is 12.3. The molecule has 1 fully saturated rings. The Morgan fingerprint density at radius 2 is 2.17 bits per heavy atom. The van der Waals surface area contributed by atoms with Crippen LogP contribution in [0, 0.1) is 0 Å². The van der Waals surface area contributed by atoms with E-state index in [0.29, 0.717) is 29.8 Å². The largest absolute Gasteiger partial charge is 0.496 e. The SMILES string of the molecule is COc1ccccc1C(=O)CC1CCCC(C)N1. The van der Waals surface area contributed by atoms with Gasteiger partial charge in [0, 0.05) is 18.5 Å². The van der Waals surface area contributed by atoms with Crippen molar-refractivity contribution >= 4 is 5.78 Å². The van der Waals surface area contributed by atoms with Crippen LogP contribution in [0.25, 0.3) is 0 Å². The molecule has 0 spiro atoms. The number of carbonyl (C=O) groups is 1. The number of para-hydroxylation sites is 1. The summed E-state index contributed by atoms with van der Waals surface area (Å²) < 4.78 is 5.24. The third kappa shape index (κ3) is 3.10. The van der Waals surface area contributed by atoms with E-state index < -0.39 is 0 Å². The number of ether oxygens (including phenoxy) is 1. The number of ketones is 1. The molecule has 3 nitrogen and oxygen atoms in total. The second kappa shape index (κ2) is 6.01. The Bertz CT molecular complexity index is 417. The molecule has 1 saturated heterocycles. The third-order valence-corrected chi connectivity index (χ3v) is 3.55. The molecule has 18 heavy (non-hydrogen) atoms. The molecule has 2 rings (SSSR count). The average molecular weight is 247 g/mol. The second-order valence-corrected chi connectivity index (χ2v) is 5.02. The van der Waals surface area contributed by atoms with Crippen LogP contribution in [0.2, 0.25) is 0 Å². The summed E-state index contributed by atoms with van der Waals surface area (Å²) in [5.74, 6) is 0.838. The van der Waals surface area contributed by atoms with Crippen molar-refractivity contribution in [3.8, 4) is 5.75 Å². The standard InChI is InChI=1S/C15H21NO2/c1-11-6-5-7-12(16-11)10-14(17)13-8-3-4-9-15(13)18-2/h3-4,8-9,11-12,16H,5-7,10H2,1-2H3. The van der Waals surface area contributed by atoms with Gasteiger partial charge in [0.1, 0.15) is 5.75 Å². The molecule has 1 aliphatic heterocycles. The predicted octanol–water partition coefficient (Wildman–Crippen LogP) is 2.80. The number of Topliss-reactive ketones (excluding diaryl/α,β-unsaturated/α-hetero) is 1. The van der Waals surface area contributed by atoms with E-state index in [1.807, 2.05) is 24.3 Å². The Morgan fingerprint density at radius 1 is 1.39 bits per heavy atom. The van der Waals surface area contributed by atoms with Crippen LogP contribution in [0.4, 0.5) is 0 Å². The number of carbonyl (C=O) groups excluding carboxylic acids is 1. The van der Waals surface area contributed by atoms with Gasteiger partial charge in [0.05, 0.1) is 12.7 Å². The molecule has 0 aliphatic carbocycles. The number of methoxy groups -OCH3 is 1. The second-order valence-electron chi connectivity index (χ2n) is 5.02. The first kappa shape index (κ1) is 13.1. The molecule has 98 valence electrons. The minimum atomic E-state index is 0.166. The summed E-state index contributed by atoms with van der Waals surface area (Å²) in [6.45, 7) is 2.18. The van der Waals surface area contributed by atoms with Gasteiger partial charge in [-0.05, 0) is 31.9 Å². The van der Waals surface area contributed by atoms with E-state index >= 15 is 0 Å². The molecule has 2 unspecified atom stereocenters. The fourth-order valence-corrected chi connectivity index (χ4v) is 2.61. The van der Waals surface area contributed by atoms with E-state index in [2.05, 4.69) is 12.2 Å². The topological polar surface area (TPSA) is 38.3 Å². The Kier molecular flexibility index (Phi) is 4.37. The highest BCUT2D eigenvalue weighted by molar-refractivity contribution is 5.99. The molecule has 1 aromatic rings. The van der Waals surface area contributed by atoms with Crippen LogP contribution in [-0.4, -0.2) is 25.0 Å². The molecule has 0 amide bonds. The summed E-state index contributed by atoms with van der Waals surface area (Å²) >= 11 is 0. The van der Waals surface area contributed by atoms with Gasteiger partial charge in [0.25, 0.3) is 0 Å². The van der Waals surface area contributed by atoms with Gasteiger partial charge in [-0.25, -0.2) is 0 Å². The summed E-state index contributed by atoms with van der Waals surface area (Å²) in [5, 5.41) is 3.49. The molecule has 1 aliphatic rings. The fourth-order valence-electron chi connectivity index (χ4n) is 2.61. The molecular formula is C15H21NO2. The van der Waals surface area contributed by atoms with Gasteiger partial charge in [-0.2, -0.15) is 0 Å². The molecular weight excluding hydrogens is 226 g/mol. The van der Waals surface area contributed by atoms with Crippen LogP contribution in [-0.2, 0) is 0 Å². The van der Waals surface area contributed by atoms with Crippen LogP contribution in [0.1, 0.15) is 43.0 Å². The monoisotopic (exact) mass is 247 g/mol. The number of hydrogen-bond acceptors (Lipinski definition) is 3. The summed E-state index contributed by atoms with van der Waals surface area (Å²) in [4.78, 5) is 12.3. The minimum Gasteiger partial charge on any atom is -0.496 e. The maximum atomic E-state index is 12.3. The summed E-state index contributed by atoms with van der Waals surface area (Å²) in [6.07, 6.45) is 4.06. The lowest BCUT2D eigenvalue weighted by molar-refractivity contribution is 0.0957. The maximum Gasteiger partial charge on any atom is 0.168 e. The highest BCUT2D eigenvalue weighted by Crippen LogP contribution is 2.22. The van der Waals surface area contributed by atoms with Gasteiger partial charge in [0.2, 0.25) is 0 Å². The van der Waals surface area contributed by atoms with E-state index in [0.717, 1.165) is 6.42 Å². The third-order valence-electron chi connectivity index (χ3n) is 3.55. The van der Waals surface area contributed by atoms with Crippen LogP contribution in [0.5, 0.6) is 5.75 Å². The van der Waals surface area contributed by atoms with Crippen molar-refractivity contribution in [2.75, 3.05) is 7.11 Å². The van der Waals surface area contributed by atoms with Crippen molar-refractivity contribution in [1.29, 1.82) is 0 Å². The quantitative estimate of drug-likeness (QED) is 0.831. The molecule has 2 atom stereocenters. The minimum absolute atomic E-state index is 0.166. The van der Waals surface area contributed by atoms with Crippen LogP contribution in [0.15, 0.2) is 24.3 Å². The number of benzene rings is 1. The number of nitrogens with one attached hydrogen (secondary N) is 1. The Hall–Kier alpha value is -1.35. The zero-order valence-corrected chi connectivity index (χ0v) is 11.1. The summed E-state index contributed by atoms with van der Waals surface area (Å²) in [5.41, 5.74) is 0.694. The van der Waals surface area contributed by atoms with Crippen LogP contribution < -0.4 is 10.1 Å². The fraction of sp³-hybridized carbons (Fsp3) is 0.533. The molecule has 3 heteroatoms. The number of piperidine rings is 1. The average Bonchev–Trinajstić information content (AvgIpc) is 2.38. The lowest BCUT2D eigenvalue weighted by Gasteiger charge is -2.28. The smallest absolute Gasteiger partial charge is 0.168 e. The zero-order valence-electron chi connectivity index (χ0n) is 11.1. The summed E-state index contributed by atoms with van der Waals surface area (Å²) in [6, 6.07) is 8.28. The van der Waals surface area contributed by atoms with Gasteiger partial charge >= 0.3 is 0 Å².